The molecule has 0 bridgehead atoms. The molecule has 0 rings (SSSR count). The van der Waals surface area contributed by atoms with Gasteiger partial charge in [-0.3, -0.25) is 30.3 Å². The predicted octanol–water partition coefficient (Wildman–Crippen LogP) is -0.766. The van der Waals surface area contributed by atoms with Crippen LogP contribution in [-0.2, 0) is 9.68 Å². The first kappa shape index (κ1) is 18.6. The summed E-state index contributed by atoms with van der Waals surface area (Å²) < 4.78 is 0. The summed E-state index contributed by atoms with van der Waals surface area (Å²) in [6.07, 6.45) is -4.27. The summed E-state index contributed by atoms with van der Waals surface area (Å²) in [7, 11) is 1.71. The highest BCUT2D eigenvalue weighted by atomic mass is 16.7. The van der Waals surface area contributed by atoms with Crippen LogP contribution in [0.1, 0.15) is 6.42 Å². The molecule has 22 heavy (non-hydrogen) atoms. The lowest BCUT2D eigenvalue weighted by atomic mass is 10.2. The molecule has 0 spiro atoms. The summed E-state index contributed by atoms with van der Waals surface area (Å²) in [5.41, 5.74) is 0. The Balaban J connectivity index is 6.01. The van der Waals surface area contributed by atoms with Crippen LogP contribution in [0.15, 0.2) is 10.6 Å². The second-order valence-corrected chi connectivity index (χ2v) is 3.36. The van der Waals surface area contributed by atoms with E-state index < -0.39 is 42.9 Å². The minimum Gasteiger partial charge on any atom is -0.592 e. The smallest absolute Gasteiger partial charge is 0.592 e. The molecular weight excluding hydrogens is 318 g/mol. The van der Waals surface area contributed by atoms with Gasteiger partial charge in [-0.05, 0) is 0 Å². The van der Waals surface area contributed by atoms with Crippen molar-refractivity contribution in [3.8, 4) is 0 Å². The topological polar surface area (TPSA) is 225 Å². The molecule has 0 saturated carbocycles. The van der Waals surface area contributed by atoms with E-state index in [2.05, 4.69) is 20.2 Å². The Morgan fingerprint density at radius 1 is 0.864 bits per heavy atom. The van der Waals surface area contributed by atoms with Gasteiger partial charge >= 0.3 is 18.4 Å². The van der Waals surface area contributed by atoms with Crippen LogP contribution in [0.4, 0.5) is 0 Å². The van der Waals surface area contributed by atoms with Crippen molar-refractivity contribution in [1.82, 2.24) is 0 Å². The molecule has 0 heterocycles. The molecule has 0 amide bonds. The summed E-state index contributed by atoms with van der Waals surface area (Å²) in [6, 6.07) is 0. The first-order chi connectivity index (χ1) is 10.1. The van der Waals surface area contributed by atoms with Gasteiger partial charge in [-0.2, -0.15) is 0 Å². The van der Waals surface area contributed by atoms with Gasteiger partial charge in [0.15, 0.2) is 14.8 Å². The first-order valence-corrected chi connectivity index (χ1v) is 4.99. The van der Waals surface area contributed by atoms with Gasteiger partial charge in [0, 0.05) is 9.72 Å². The first-order valence-electron chi connectivity index (χ1n) is 4.99. The van der Waals surface area contributed by atoms with Crippen LogP contribution in [0, 0.1) is 40.8 Å². The highest BCUT2D eigenvalue weighted by Crippen LogP contribution is 2.21. The fourth-order valence-corrected chi connectivity index (χ4v) is 1.18. The van der Waals surface area contributed by atoms with E-state index >= 15 is 0 Å². The molecule has 124 valence electrons. The predicted molar refractivity (Wildman–Crippen MR) is 58.2 cm³/mol. The molecule has 0 unspecified atom stereocenters. The molecule has 0 aromatic rings. The van der Waals surface area contributed by atoms with E-state index in [1.165, 1.54) is 0 Å². The summed E-state index contributed by atoms with van der Waals surface area (Å²) in [6.45, 7) is 0. The van der Waals surface area contributed by atoms with Crippen molar-refractivity contribution in [2.24, 2.45) is 10.6 Å². The monoisotopic (exact) mass is 327 g/mol. The summed E-state index contributed by atoms with van der Waals surface area (Å²) >= 11 is 0. The molecule has 17 nitrogen and oxygen atoms in total. The van der Waals surface area contributed by atoms with Crippen molar-refractivity contribution in [3.63, 3.8) is 0 Å². The molecule has 0 aliphatic heterocycles. The Bertz CT molecular complexity index is 460. The summed E-state index contributed by atoms with van der Waals surface area (Å²) in [5, 5.41) is 60.4. The lowest BCUT2D eigenvalue weighted by Gasteiger charge is -2.12. The molecule has 0 aromatic carbocycles. The molecule has 0 N–H and O–H groups in total. The maximum Gasteiger partial charge on any atom is 0.714 e. The lowest BCUT2D eigenvalue weighted by Crippen LogP contribution is -2.57. The highest BCUT2D eigenvalue weighted by molar-refractivity contribution is 4.56. The zero-order valence-electron chi connectivity index (χ0n) is 11.0. The van der Waals surface area contributed by atoms with Crippen molar-refractivity contribution in [2.45, 2.75) is 18.4 Å². The van der Waals surface area contributed by atoms with Crippen molar-refractivity contribution < 1.29 is 34.2 Å². The standard InChI is InChI=1S/C5H9N7O10/c1-21-6-8(13)4(9(14)7-22-2)3-5(10(15)16,11(17)18)12(19)20/h4H,3H2,1-2H3. The van der Waals surface area contributed by atoms with Gasteiger partial charge in [-0.1, -0.05) is 0 Å². The van der Waals surface area contributed by atoms with E-state index in [1.807, 2.05) is 0 Å². The minimum atomic E-state index is -4.07. The zero-order valence-corrected chi connectivity index (χ0v) is 11.0. The molecule has 0 aliphatic carbocycles. The van der Waals surface area contributed by atoms with E-state index in [0.717, 1.165) is 14.2 Å². The van der Waals surface area contributed by atoms with E-state index in [1.54, 1.807) is 0 Å². The quantitative estimate of drug-likeness (QED) is 0.169. The van der Waals surface area contributed by atoms with Crippen LogP contribution in [0.5, 0.6) is 0 Å². The number of nitro groups is 3. The Morgan fingerprint density at radius 2 is 1.18 bits per heavy atom. The number of hydroxylamine groups is 2. The van der Waals surface area contributed by atoms with Crippen LogP contribution in [-0.4, -0.2) is 50.7 Å². The van der Waals surface area contributed by atoms with Crippen LogP contribution >= 0.6 is 0 Å². The van der Waals surface area contributed by atoms with Gasteiger partial charge in [-0.25, -0.2) is 0 Å². The van der Waals surface area contributed by atoms with Crippen LogP contribution in [0.2, 0.25) is 0 Å². The Labute approximate surface area is 119 Å². The molecule has 0 radical (unpaired) electrons. The normalized spacial score (nSPS) is 14.1. The largest absolute Gasteiger partial charge is 0.714 e. The molecule has 0 aliphatic rings. The maximum atomic E-state index is 11.4. The second kappa shape index (κ2) is 7.40. The number of hydrogen-bond acceptors (Lipinski definition) is 12. The molecule has 17 heteroatoms. The fraction of sp³-hybridized carbons (Fsp3) is 1.00. The Morgan fingerprint density at radius 3 is 1.41 bits per heavy atom. The van der Waals surface area contributed by atoms with Gasteiger partial charge in [0.1, 0.15) is 14.2 Å². The summed E-state index contributed by atoms with van der Waals surface area (Å²) in [5.74, 6) is -4.07. The third-order valence-corrected chi connectivity index (χ3v) is 2.17. The van der Waals surface area contributed by atoms with E-state index in [-0.39, 0.29) is 0 Å². The number of hydrogen-bond donors (Lipinski definition) is 0. The van der Waals surface area contributed by atoms with Gasteiger partial charge in [0.2, 0.25) is 10.6 Å². The molecular formula is C5H9N7O10. The number of rotatable bonds is 9. The SMILES string of the molecule is CON=[N+]([O-])C(CC([N+](=O)[O-])([N+](=O)[O-])[N+](=O)[O-])[N+]([O-])=NOC. The Hall–Kier alpha value is -3.40. The van der Waals surface area contributed by atoms with Crippen LogP contribution in [0.3, 0.4) is 0 Å². The molecule has 0 saturated heterocycles. The third-order valence-electron chi connectivity index (χ3n) is 2.17. The average molecular weight is 327 g/mol. The van der Waals surface area contributed by atoms with Gasteiger partial charge in [0.05, 0.1) is 0 Å². The van der Waals surface area contributed by atoms with E-state index in [0.29, 0.717) is 0 Å². The van der Waals surface area contributed by atoms with Crippen LogP contribution in [0.25, 0.3) is 0 Å². The van der Waals surface area contributed by atoms with E-state index in [9.17, 15) is 40.8 Å². The zero-order chi connectivity index (χ0) is 17.5. The fourth-order valence-electron chi connectivity index (χ4n) is 1.18. The third kappa shape index (κ3) is 3.58. The average Bonchev–Trinajstić information content (AvgIpc) is 2.38. The minimum absolute atomic E-state index is 0.666. The van der Waals surface area contributed by atoms with Crippen LogP contribution < -0.4 is 0 Å². The molecule has 0 fully saturated rings. The van der Waals surface area contributed by atoms with Gasteiger partial charge in [-0.15, -0.1) is 0 Å². The Kier molecular flexibility index (Phi) is 6.26. The maximum absolute atomic E-state index is 11.4. The van der Waals surface area contributed by atoms with Crippen molar-refractivity contribution in [2.75, 3.05) is 14.2 Å². The van der Waals surface area contributed by atoms with Crippen molar-refractivity contribution in [3.05, 3.63) is 40.8 Å². The van der Waals surface area contributed by atoms with Crippen molar-refractivity contribution >= 4 is 0 Å². The molecule has 0 aromatic heterocycles. The van der Waals surface area contributed by atoms with Gasteiger partial charge < -0.3 is 20.1 Å². The van der Waals surface area contributed by atoms with Gasteiger partial charge in [0.25, 0.3) is 0 Å². The number of nitrogens with zero attached hydrogens (tertiary/aromatic N) is 7. The van der Waals surface area contributed by atoms with E-state index in [4.69, 9.17) is 0 Å². The summed E-state index contributed by atoms with van der Waals surface area (Å²) in [4.78, 5) is 33.3. The van der Waals surface area contributed by atoms with Crippen molar-refractivity contribution in [1.29, 1.82) is 0 Å². The highest BCUT2D eigenvalue weighted by Gasteiger charge is 2.75. The lowest BCUT2D eigenvalue weighted by molar-refractivity contribution is -0.980. The molecule has 0 atom stereocenters. The second-order valence-electron chi connectivity index (χ2n) is 3.36.